The van der Waals surface area contributed by atoms with Gasteiger partial charge in [-0.3, -0.25) is 9.89 Å². The molecule has 1 saturated carbocycles. The number of rotatable bonds is 5. The van der Waals surface area contributed by atoms with Crippen LogP contribution in [-0.2, 0) is 13.0 Å². The number of aryl methyl sites for hydroxylation is 1. The fourth-order valence-electron chi connectivity index (χ4n) is 4.07. The van der Waals surface area contributed by atoms with E-state index in [9.17, 15) is 0 Å². The fraction of sp³-hybridized carbons (Fsp3) is 0.789. The van der Waals surface area contributed by atoms with Crippen molar-refractivity contribution in [2.75, 3.05) is 20.1 Å². The SMILES string of the molecule is CCc1cc(CNC(=NC)NC2CCCN(C3CCCCC3)C2)on1.I. The first-order valence-corrected chi connectivity index (χ1v) is 9.94. The number of guanidine groups is 1. The molecule has 1 saturated heterocycles. The Morgan fingerprint density at radius 3 is 2.77 bits per heavy atom. The number of likely N-dealkylation sites (tertiary alicyclic amines) is 1. The highest BCUT2D eigenvalue weighted by molar-refractivity contribution is 14.0. The molecule has 2 heterocycles. The van der Waals surface area contributed by atoms with E-state index in [0.717, 1.165) is 36.4 Å². The maximum atomic E-state index is 5.33. The van der Waals surface area contributed by atoms with Gasteiger partial charge in [0.05, 0.1) is 12.2 Å². The van der Waals surface area contributed by atoms with Gasteiger partial charge in [-0.05, 0) is 38.6 Å². The van der Waals surface area contributed by atoms with Crippen molar-refractivity contribution in [3.05, 3.63) is 17.5 Å². The lowest BCUT2D eigenvalue weighted by molar-refractivity contribution is 0.115. The van der Waals surface area contributed by atoms with Gasteiger partial charge in [0.15, 0.2) is 11.7 Å². The van der Waals surface area contributed by atoms with Crippen LogP contribution in [0.5, 0.6) is 0 Å². The van der Waals surface area contributed by atoms with E-state index in [1.807, 2.05) is 13.1 Å². The van der Waals surface area contributed by atoms with Crippen molar-refractivity contribution in [2.24, 2.45) is 4.99 Å². The average molecular weight is 475 g/mol. The Hall–Kier alpha value is -0.830. The van der Waals surface area contributed by atoms with Crippen LogP contribution in [0.1, 0.15) is 63.3 Å². The maximum Gasteiger partial charge on any atom is 0.191 e. The molecule has 1 unspecified atom stereocenters. The first kappa shape index (κ1) is 21.5. The van der Waals surface area contributed by atoms with Crippen molar-refractivity contribution >= 4 is 29.9 Å². The van der Waals surface area contributed by atoms with E-state index in [-0.39, 0.29) is 24.0 Å². The molecule has 0 aromatic carbocycles. The molecule has 1 aliphatic carbocycles. The highest BCUT2D eigenvalue weighted by atomic mass is 127. The molecule has 6 nitrogen and oxygen atoms in total. The summed E-state index contributed by atoms with van der Waals surface area (Å²) >= 11 is 0. The summed E-state index contributed by atoms with van der Waals surface area (Å²) in [6.45, 7) is 5.09. The number of piperidine rings is 1. The molecule has 7 heteroatoms. The molecule has 1 aliphatic heterocycles. The Morgan fingerprint density at radius 2 is 2.08 bits per heavy atom. The largest absolute Gasteiger partial charge is 0.359 e. The normalized spacial score (nSPS) is 22.7. The Morgan fingerprint density at radius 1 is 1.27 bits per heavy atom. The van der Waals surface area contributed by atoms with E-state index < -0.39 is 0 Å². The molecular weight excluding hydrogens is 441 g/mol. The summed E-state index contributed by atoms with van der Waals surface area (Å²) < 4.78 is 5.33. The van der Waals surface area contributed by atoms with E-state index in [1.165, 1.54) is 51.5 Å². The fourth-order valence-corrected chi connectivity index (χ4v) is 4.07. The zero-order valence-electron chi connectivity index (χ0n) is 16.2. The van der Waals surface area contributed by atoms with Crippen molar-refractivity contribution in [3.63, 3.8) is 0 Å². The van der Waals surface area contributed by atoms with Gasteiger partial charge in [-0.2, -0.15) is 0 Å². The van der Waals surface area contributed by atoms with E-state index in [4.69, 9.17) is 4.52 Å². The van der Waals surface area contributed by atoms with E-state index in [0.29, 0.717) is 12.6 Å². The Labute approximate surface area is 174 Å². The monoisotopic (exact) mass is 475 g/mol. The molecular formula is C19H34IN5O. The molecule has 148 valence electrons. The molecule has 0 radical (unpaired) electrons. The van der Waals surface area contributed by atoms with Crippen LogP contribution in [0.2, 0.25) is 0 Å². The molecule has 2 N–H and O–H groups in total. The standard InChI is InChI=1S/C19H33N5O.HI/c1-3-15-12-18(25-23-15)13-21-19(20-2)22-16-8-7-11-24(14-16)17-9-5-4-6-10-17;/h12,16-17H,3-11,13-14H2,1-2H3,(H2,20,21,22);1H. The van der Waals surface area contributed by atoms with Crippen molar-refractivity contribution in [1.82, 2.24) is 20.7 Å². The van der Waals surface area contributed by atoms with Gasteiger partial charge in [-0.15, -0.1) is 24.0 Å². The molecule has 1 aromatic rings. The van der Waals surface area contributed by atoms with Gasteiger partial charge in [-0.25, -0.2) is 0 Å². The second-order valence-electron chi connectivity index (χ2n) is 7.33. The van der Waals surface area contributed by atoms with E-state index in [2.05, 4.69) is 32.6 Å². The first-order chi connectivity index (χ1) is 12.3. The molecule has 0 spiro atoms. The van der Waals surface area contributed by atoms with Gasteiger partial charge in [0.2, 0.25) is 0 Å². The maximum absolute atomic E-state index is 5.33. The van der Waals surface area contributed by atoms with Crippen molar-refractivity contribution in [1.29, 1.82) is 0 Å². The molecule has 0 bridgehead atoms. The molecule has 26 heavy (non-hydrogen) atoms. The molecule has 1 aromatic heterocycles. The quantitative estimate of drug-likeness (QED) is 0.389. The minimum absolute atomic E-state index is 0. The number of nitrogens with one attached hydrogen (secondary N) is 2. The third kappa shape index (κ3) is 6.11. The van der Waals surface area contributed by atoms with Crippen LogP contribution < -0.4 is 10.6 Å². The van der Waals surface area contributed by atoms with Crippen LogP contribution in [-0.4, -0.2) is 48.2 Å². The Bertz CT molecular complexity index is 556. The molecule has 3 rings (SSSR count). The minimum atomic E-state index is 0. The zero-order valence-corrected chi connectivity index (χ0v) is 18.5. The van der Waals surface area contributed by atoms with Crippen LogP contribution in [0, 0.1) is 0 Å². The predicted octanol–water partition coefficient (Wildman–Crippen LogP) is 3.32. The molecule has 1 atom stereocenters. The first-order valence-electron chi connectivity index (χ1n) is 9.94. The van der Waals surface area contributed by atoms with Crippen LogP contribution in [0.15, 0.2) is 15.6 Å². The summed E-state index contributed by atoms with van der Waals surface area (Å²) in [6, 6.07) is 3.28. The van der Waals surface area contributed by atoms with Gasteiger partial charge < -0.3 is 15.2 Å². The summed E-state index contributed by atoms with van der Waals surface area (Å²) in [5.74, 6) is 1.71. The van der Waals surface area contributed by atoms with Crippen LogP contribution >= 0.6 is 24.0 Å². The number of nitrogens with zero attached hydrogens (tertiary/aromatic N) is 3. The highest BCUT2D eigenvalue weighted by Gasteiger charge is 2.27. The average Bonchev–Trinajstić information content (AvgIpc) is 3.14. The molecule has 0 amide bonds. The van der Waals surface area contributed by atoms with E-state index in [1.54, 1.807) is 0 Å². The smallest absolute Gasteiger partial charge is 0.191 e. The predicted molar refractivity (Wildman–Crippen MR) is 116 cm³/mol. The van der Waals surface area contributed by atoms with Gasteiger partial charge in [-0.1, -0.05) is 31.3 Å². The number of hydrogen-bond donors (Lipinski definition) is 2. The lowest BCUT2D eigenvalue weighted by atomic mass is 9.92. The van der Waals surface area contributed by atoms with Crippen LogP contribution in [0.4, 0.5) is 0 Å². The van der Waals surface area contributed by atoms with Gasteiger partial charge >= 0.3 is 0 Å². The summed E-state index contributed by atoms with van der Waals surface area (Å²) in [6.07, 6.45) is 10.4. The Kier molecular flexibility index (Phi) is 9.18. The van der Waals surface area contributed by atoms with Gasteiger partial charge in [0.1, 0.15) is 0 Å². The molecule has 2 aliphatic rings. The van der Waals surface area contributed by atoms with Crippen molar-refractivity contribution in [3.8, 4) is 0 Å². The summed E-state index contributed by atoms with van der Waals surface area (Å²) in [5, 5.41) is 11.0. The highest BCUT2D eigenvalue weighted by Crippen LogP contribution is 2.25. The minimum Gasteiger partial charge on any atom is -0.359 e. The second kappa shape index (κ2) is 11.1. The Balaban J connectivity index is 0.00000243. The molecule has 2 fully saturated rings. The third-order valence-electron chi connectivity index (χ3n) is 5.51. The van der Waals surface area contributed by atoms with Crippen LogP contribution in [0.25, 0.3) is 0 Å². The number of aromatic nitrogens is 1. The third-order valence-corrected chi connectivity index (χ3v) is 5.51. The van der Waals surface area contributed by atoms with Crippen molar-refractivity contribution < 1.29 is 4.52 Å². The summed E-state index contributed by atoms with van der Waals surface area (Å²) in [5.41, 5.74) is 0.996. The zero-order chi connectivity index (χ0) is 17.5. The summed E-state index contributed by atoms with van der Waals surface area (Å²) in [4.78, 5) is 7.08. The van der Waals surface area contributed by atoms with Gasteiger partial charge in [0.25, 0.3) is 0 Å². The number of aliphatic imine (C=N–C) groups is 1. The lowest BCUT2D eigenvalue weighted by Crippen LogP contribution is -2.53. The second-order valence-corrected chi connectivity index (χ2v) is 7.33. The lowest BCUT2D eigenvalue weighted by Gasteiger charge is -2.40. The van der Waals surface area contributed by atoms with Crippen LogP contribution in [0.3, 0.4) is 0 Å². The topological polar surface area (TPSA) is 65.7 Å². The van der Waals surface area contributed by atoms with Crippen molar-refractivity contribution in [2.45, 2.75) is 76.9 Å². The van der Waals surface area contributed by atoms with E-state index >= 15 is 0 Å². The number of halogens is 1. The summed E-state index contributed by atoms with van der Waals surface area (Å²) in [7, 11) is 1.83. The number of hydrogen-bond acceptors (Lipinski definition) is 4. The van der Waals surface area contributed by atoms with Gasteiger partial charge in [0, 0.05) is 31.7 Å².